The molecule has 3 aromatic heterocycles. The number of aliphatic hydroxyl groups excluding tert-OH is 1. The second kappa shape index (κ2) is 27.5. The Morgan fingerprint density at radius 3 is 2.41 bits per heavy atom. The van der Waals surface area contributed by atoms with Gasteiger partial charge < -0.3 is 49.2 Å². The Balaban J connectivity index is 0.661. The van der Waals surface area contributed by atoms with E-state index in [1.165, 1.54) is 33.3 Å². The number of carbonyl (C=O) groups is 7. The number of aromatic nitrogens is 4. The molecule has 4 aliphatic carbocycles. The van der Waals surface area contributed by atoms with E-state index in [1.807, 2.05) is 60.1 Å². The van der Waals surface area contributed by atoms with E-state index in [1.54, 1.807) is 42.4 Å². The van der Waals surface area contributed by atoms with E-state index in [-0.39, 0.29) is 97.1 Å². The topological polar surface area (TPSA) is 304 Å². The molecular weight excluding hydrogens is 1240 g/mol. The first-order valence-corrected chi connectivity index (χ1v) is 33.5. The number of rotatable bonds is 26. The molecule has 6 amide bonds. The molecule has 95 heavy (non-hydrogen) atoms. The number of urea groups is 1. The number of anilines is 2. The molecule has 4 saturated carbocycles. The maximum absolute atomic E-state index is 13.8. The largest absolute Gasteiger partial charge is 0.493 e. The number of thiazole rings is 1. The summed E-state index contributed by atoms with van der Waals surface area (Å²) in [6.45, 7) is 8.95. The van der Waals surface area contributed by atoms with Crippen LogP contribution in [0.25, 0.3) is 32.6 Å². The third-order valence-corrected chi connectivity index (χ3v) is 20.3. The Hall–Kier alpha value is -8.78. The van der Waals surface area contributed by atoms with Crippen LogP contribution in [-0.4, -0.2) is 157 Å². The minimum Gasteiger partial charge on any atom is -0.493 e. The molecule has 13 rings (SSSR count). The summed E-state index contributed by atoms with van der Waals surface area (Å²) in [6.07, 6.45) is 10.1. The second-order valence-corrected chi connectivity index (χ2v) is 28.4. The van der Waals surface area contributed by atoms with Crippen LogP contribution in [0.4, 0.5) is 20.4 Å². The predicted octanol–water partition coefficient (Wildman–Crippen LogP) is 10.3. The molecule has 25 heteroatoms. The maximum atomic E-state index is 13.8. The number of ether oxygens (including phenoxy) is 5. The van der Waals surface area contributed by atoms with Gasteiger partial charge in [0.1, 0.15) is 18.1 Å². The lowest BCUT2D eigenvalue weighted by Crippen LogP contribution is -2.64. The number of para-hydroxylation sites is 1. The molecule has 502 valence electrons. The highest BCUT2D eigenvalue weighted by atomic mass is 32.1. The normalized spacial score (nSPS) is 24.2. The summed E-state index contributed by atoms with van der Waals surface area (Å²) in [7, 11) is 1.66. The number of carboxylic acids is 2. The van der Waals surface area contributed by atoms with Crippen molar-refractivity contribution >= 4 is 74.2 Å². The molecule has 1 saturated heterocycles. The molecule has 0 spiro atoms. The number of carbonyl (C=O) groups excluding carboxylic acids is 5. The van der Waals surface area contributed by atoms with Gasteiger partial charge in [-0.05, 0) is 142 Å². The number of benzene rings is 3. The van der Waals surface area contributed by atoms with Crippen LogP contribution >= 0.6 is 11.3 Å². The van der Waals surface area contributed by atoms with Gasteiger partial charge in [0.25, 0.3) is 11.8 Å². The first-order chi connectivity index (χ1) is 45.5. The zero-order valence-corrected chi connectivity index (χ0v) is 54.8. The van der Waals surface area contributed by atoms with Crippen molar-refractivity contribution < 1.29 is 72.6 Å². The van der Waals surface area contributed by atoms with E-state index in [4.69, 9.17) is 33.8 Å². The number of nitrogens with zero attached hydrogens (tertiary/aromatic N) is 7. The van der Waals surface area contributed by atoms with Gasteiger partial charge in [-0.1, -0.05) is 55.9 Å². The van der Waals surface area contributed by atoms with Gasteiger partial charge in [0, 0.05) is 111 Å². The molecule has 5 atom stereocenters. The first-order valence-electron chi connectivity index (χ1n) is 32.7. The van der Waals surface area contributed by atoms with Gasteiger partial charge in [-0.25, -0.2) is 29.1 Å². The summed E-state index contributed by atoms with van der Waals surface area (Å²) in [4.78, 5) is 102. The zero-order chi connectivity index (χ0) is 66.8. The predicted molar refractivity (Wildman–Crippen MR) is 351 cm³/mol. The highest BCUT2D eigenvalue weighted by molar-refractivity contribution is 7.22. The summed E-state index contributed by atoms with van der Waals surface area (Å²) < 4.78 is 33.7. The second-order valence-electron chi connectivity index (χ2n) is 27.3. The lowest BCUT2D eigenvalue weighted by atomic mass is 9.39. The molecule has 6 aromatic rings. The summed E-state index contributed by atoms with van der Waals surface area (Å²) >= 11 is 1.41. The molecule has 2 unspecified atom stereocenters. The van der Waals surface area contributed by atoms with Crippen molar-refractivity contribution in [2.24, 2.45) is 16.2 Å². The van der Waals surface area contributed by atoms with Crippen molar-refractivity contribution in [1.82, 2.24) is 34.9 Å². The summed E-state index contributed by atoms with van der Waals surface area (Å²) in [6, 6.07) is 21.8. The number of aliphatic hydroxyl groups is 1. The molecule has 7 aliphatic rings. The van der Waals surface area contributed by atoms with Gasteiger partial charge in [-0.2, -0.15) is 5.10 Å². The fraction of sp³-hybridized carbons (Fsp3) is 0.486. The number of hydrogen-bond acceptors (Lipinski definition) is 17. The monoisotopic (exact) mass is 1320 g/mol. The van der Waals surface area contributed by atoms with Gasteiger partial charge >= 0.3 is 24.1 Å². The Bertz CT molecular complexity index is 3910. The minimum absolute atomic E-state index is 0.0105. The smallest absolute Gasteiger partial charge is 0.409 e. The van der Waals surface area contributed by atoms with Crippen LogP contribution < -0.4 is 25.0 Å². The van der Waals surface area contributed by atoms with Crippen LogP contribution in [0.5, 0.6) is 11.5 Å². The van der Waals surface area contributed by atoms with Crippen molar-refractivity contribution in [2.45, 2.75) is 154 Å². The van der Waals surface area contributed by atoms with E-state index in [0.29, 0.717) is 90.7 Å². The van der Waals surface area contributed by atoms with Crippen molar-refractivity contribution in [3.63, 3.8) is 0 Å². The highest BCUT2D eigenvalue weighted by Crippen LogP contribution is 2.72. The number of imide groups is 1. The summed E-state index contributed by atoms with van der Waals surface area (Å²) in [5.74, 6) is -2.59. The Morgan fingerprint density at radius 1 is 0.853 bits per heavy atom. The number of fused-ring (bicyclic) bond motifs is 2. The average Bonchev–Trinajstić information content (AvgIpc) is 1.13. The van der Waals surface area contributed by atoms with Gasteiger partial charge in [0.15, 0.2) is 16.9 Å². The summed E-state index contributed by atoms with van der Waals surface area (Å²) in [5, 5.41) is 42.0. The van der Waals surface area contributed by atoms with Crippen molar-refractivity contribution in [3.05, 3.63) is 114 Å². The molecule has 0 radical (unpaired) electrons. The Labute approximate surface area is 553 Å². The maximum Gasteiger partial charge on any atom is 0.409 e. The minimum atomic E-state index is -1.25. The van der Waals surface area contributed by atoms with Gasteiger partial charge in [-0.3, -0.25) is 34.2 Å². The number of unbranched alkanes of at least 4 members (excludes halogenated alkanes) is 2. The van der Waals surface area contributed by atoms with E-state index in [0.717, 1.165) is 78.5 Å². The van der Waals surface area contributed by atoms with Gasteiger partial charge in [0.05, 0.1) is 47.0 Å². The molecule has 6 heterocycles. The lowest BCUT2D eigenvalue weighted by Gasteiger charge is -2.69. The number of nitrogens with one attached hydrogen (secondary N) is 2. The number of pyridine rings is 1. The van der Waals surface area contributed by atoms with Gasteiger partial charge in [-0.15, -0.1) is 0 Å². The molecule has 3 aliphatic heterocycles. The number of carboxylic acid groups (broad SMARTS) is 2. The number of likely N-dealkylation sites (N-methyl/N-ethyl adjacent to an activating group) is 1. The quantitative estimate of drug-likeness (QED) is 0.0249. The van der Waals surface area contributed by atoms with Crippen LogP contribution in [0.15, 0.2) is 91.1 Å². The van der Waals surface area contributed by atoms with Crippen LogP contribution in [0.2, 0.25) is 0 Å². The molecule has 5 fully saturated rings. The zero-order valence-electron chi connectivity index (χ0n) is 53.9. The third-order valence-electron chi connectivity index (χ3n) is 19.3. The van der Waals surface area contributed by atoms with Crippen molar-refractivity contribution in [2.75, 3.05) is 56.7 Å². The number of aliphatic carboxylic acids is 1. The summed E-state index contributed by atoms with van der Waals surface area (Å²) in [5.41, 5.74) is 5.43. The highest BCUT2D eigenvalue weighted by Gasteiger charge is 2.66. The Kier molecular flexibility index (Phi) is 19.2. The van der Waals surface area contributed by atoms with Crippen LogP contribution in [-0.2, 0) is 53.0 Å². The fourth-order valence-electron chi connectivity index (χ4n) is 16.2. The van der Waals surface area contributed by atoms with E-state index in [2.05, 4.69) is 29.5 Å². The molecular formula is C70H81N9O15S. The Morgan fingerprint density at radius 2 is 1.64 bits per heavy atom. The number of amides is 6. The molecule has 3 aromatic carbocycles. The van der Waals surface area contributed by atoms with Crippen LogP contribution in [0.3, 0.4) is 0 Å². The van der Waals surface area contributed by atoms with Gasteiger partial charge in [0.2, 0.25) is 12.2 Å². The number of aromatic carboxylic acids is 1. The SMILES string of the molecule is Cc1c(-c2ccc(-c3ccc4c(c3)N(C(=O)Nc3nc5ccccc5s3)CCC4)nc2C(=O)O)cnn1CC12CC3(C)CC(C)(C1)CC(OCCN(C)C(=O)OCc1ccc(O[C@H]4C[C@@H](O)C[C@@H](C(=O)O)O4)cc1OCCCNC(=O)CCCCCN1C(=O)C=CC1=O)(C3)C2. The standard InChI is InChI=1S/C70H81N9O15S/c1-43-50(49-20-21-51(73-61(49)63(86)87)45-17-16-44-12-10-26-77(53(44)30-45)65(88)75-64-74-52-13-7-8-14-56(52)95-64)34-72-79(43)42-69-37-67(2)36-68(3,38-69)40-70(39-67,41-69)92-29-27-76(4)66(89)91-35-46-18-19-48(93-60-32-47(80)31-55(94-60)62(84)85)33-54(46)90-28-11-24-71-57(81)15-6-5-9-25-78-58(82)22-23-59(78)83/h7-8,13-14,16-23,30,33-34,47,55,60,80H,5-6,9-12,15,24-29,31-32,35-42H2,1-4H3,(H,71,81)(H,84,85)(H,86,87)(H,74,75,88)/t47-,55-,60+,67?,68?,69?,70?/m0/s1. The molecule has 24 nitrogen and oxygen atoms in total. The van der Waals surface area contributed by atoms with E-state index >= 15 is 0 Å². The number of aryl methyl sites for hydroxylation is 1. The van der Waals surface area contributed by atoms with Crippen molar-refractivity contribution in [1.29, 1.82) is 0 Å². The number of hydrogen-bond donors (Lipinski definition) is 5. The van der Waals surface area contributed by atoms with E-state index in [9.17, 15) is 48.9 Å². The lowest BCUT2D eigenvalue weighted by molar-refractivity contribution is -0.248. The first kappa shape index (κ1) is 66.2. The van der Waals surface area contributed by atoms with E-state index < -0.39 is 42.1 Å². The molecule has 4 bridgehead atoms. The van der Waals surface area contributed by atoms with Crippen LogP contribution in [0.1, 0.15) is 131 Å². The van der Waals surface area contributed by atoms with Crippen LogP contribution in [0, 0.1) is 23.2 Å². The average molecular weight is 1320 g/mol. The van der Waals surface area contributed by atoms with Crippen molar-refractivity contribution in [3.8, 4) is 33.9 Å². The fourth-order valence-corrected chi connectivity index (χ4v) is 17.0. The third kappa shape index (κ3) is 15.0. The molecule has 5 N–H and O–H groups in total.